The van der Waals surface area contributed by atoms with Crippen LogP contribution in [0.1, 0.15) is 187 Å². The zero-order valence-electron chi connectivity index (χ0n) is 36.8. The third-order valence-electron chi connectivity index (χ3n) is 9.63. The first-order chi connectivity index (χ1) is 28.4. The van der Waals surface area contributed by atoms with Crippen molar-refractivity contribution < 1.29 is 24.2 Å². The topological polar surface area (TPSA) is 119 Å². The minimum Gasteiger partial charge on any atom is -0.480 e. The minimum atomic E-state index is -1.03. The van der Waals surface area contributed by atoms with Crippen molar-refractivity contribution in [2.75, 3.05) is 6.54 Å². The van der Waals surface area contributed by atoms with Crippen LogP contribution in [-0.4, -0.2) is 41.6 Å². The molecule has 0 heterocycles. The van der Waals surface area contributed by atoms with Gasteiger partial charge in [0.05, 0.1) is 0 Å². The molecule has 0 fully saturated rings. The summed E-state index contributed by atoms with van der Waals surface area (Å²) in [5.74, 6) is -1.43. The first kappa shape index (κ1) is 54.3. The summed E-state index contributed by atoms with van der Waals surface area (Å²) in [6, 6.07) is -0.897. The molecule has 0 saturated carbocycles. The molecule has 0 aliphatic carbocycles. The number of esters is 1. The first-order valence-electron chi connectivity index (χ1n) is 23.1. The lowest BCUT2D eigenvalue weighted by Gasteiger charge is -2.15. The van der Waals surface area contributed by atoms with Gasteiger partial charge in [0.1, 0.15) is 12.1 Å². The molecule has 0 spiro atoms. The summed E-state index contributed by atoms with van der Waals surface area (Å²) < 4.78 is 5.90. The average Bonchev–Trinajstić information content (AvgIpc) is 3.21. The smallest absolute Gasteiger partial charge is 0.326 e. The van der Waals surface area contributed by atoms with E-state index in [1.165, 1.54) is 51.4 Å². The second kappa shape index (κ2) is 44.4. The van der Waals surface area contributed by atoms with Gasteiger partial charge in [0, 0.05) is 12.8 Å². The van der Waals surface area contributed by atoms with Crippen molar-refractivity contribution in [3.63, 3.8) is 0 Å². The lowest BCUT2D eigenvalue weighted by atomic mass is 10.0. The Kier molecular flexibility index (Phi) is 41.6. The van der Waals surface area contributed by atoms with E-state index in [0.29, 0.717) is 38.6 Å². The zero-order valence-corrected chi connectivity index (χ0v) is 36.8. The highest BCUT2D eigenvalue weighted by molar-refractivity contribution is 5.83. The number of hydrogen-bond acceptors (Lipinski definition) is 5. The number of carboxylic acid groups (broad SMARTS) is 1. The monoisotopic (exact) mass is 805 g/mol. The molecule has 0 radical (unpaired) electrons. The maximum atomic E-state index is 12.8. The summed E-state index contributed by atoms with van der Waals surface area (Å²) in [7, 11) is 0. The van der Waals surface area contributed by atoms with Gasteiger partial charge < -0.3 is 20.9 Å². The van der Waals surface area contributed by atoms with Crippen molar-refractivity contribution in [3.8, 4) is 0 Å². The number of carbonyl (C=O) groups is 3. The number of amides is 1. The lowest BCUT2D eigenvalue weighted by Crippen LogP contribution is -2.40. The van der Waals surface area contributed by atoms with Crippen LogP contribution in [0.25, 0.3) is 0 Å². The van der Waals surface area contributed by atoms with Crippen molar-refractivity contribution in [1.29, 1.82) is 0 Å². The summed E-state index contributed by atoms with van der Waals surface area (Å²) in [6.45, 7) is 4.69. The van der Waals surface area contributed by atoms with Crippen LogP contribution in [0.2, 0.25) is 0 Å². The number of carbonyl (C=O) groups excluding carboxylic acids is 2. The van der Waals surface area contributed by atoms with Crippen molar-refractivity contribution >= 4 is 17.8 Å². The third-order valence-corrected chi connectivity index (χ3v) is 9.63. The van der Waals surface area contributed by atoms with Gasteiger partial charge in [-0.3, -0.25) is 9.59 Å². The lowest BCUT2D eigenvalue weighted by molar-refractivity contribution is -0.147. The average molecular weight is 805 g/mol. The molecule has 1 amide bonds. The minimum absolute atomic E-state index is 0.144. The molecule has 0 saturated heterocycles. The second-order valence-electron chi connectivity index (χ2n) is 15.0. The number of hydrogen-bond donors (Lipinski definition) is 3. The van der Waals surface area contributed by atoms with Crippen LogP contribution < -0.4 is 11.1 Å². The predicted molar refractivity (Wildman–Crippen MR) is 248 cm³/mol. The Morgan fingerprint density at radius 1 is 0.517 bits per heavy atom. The number of carboxylic acids is 1. The molecule has 0 aromatic heterocycles. The summed E-state index contributed by atoms with van der Waals surface area (Å²) >= 11 is 0. The standard InChI is InChI=1S/C51H84N2O5/c1-3-5-7-9-11-13-15-16-17-18-19-20-21-22-23-24-25-26-28-30-32-34-39-45-50(55)58-47(41-36-33-31-29-27-14-12-10-8-6-4-2)42-37-35-38-44-49(54)53-48(51(56)57)43-40-46-52/h5-8,11-14,16-17,19-20,29,31,36,41,47-48H,3-4,9-10,15,18,21-28,30,32-35,37-40,42-46,52H2,1-2H3,(H,53,54)(H,56,57)/b7-5-,8-6-,13-11-,14-12-,17-16-,20-19-,31-29-,41-36-. The van der Waals surface area contributed by atoms with Gasteiger partial charge in [-0.15, -0.1) is 0 Å². The van der Waals surface area contributed by atoms with E-state index in [-0.39, 0.29) is 24.4 Å². The number of unbranched alkanes of at least 4 members (excludes halogenated alkanes) is 12. The number of nitrogens with one attached hydrogen (secondary N) is 1. The van der Waals surface area contributed by atoms with Crippen molar-refractivity contribution in [2.45, 2.75) is 199 Å². The quantitative estimate of drug-likeness (QED) is 0.0322. The molecule has 4 N–H and O–H groups in total. The van der Waals surface area contributed by atoms with E-state index in [1.807, 2.05) is 6.08 Å². The Labute approximate surface area is 355 Å². The van der Waals surface area contributed by atoms with Gasteiger partial charge in [0.25, 0.3) is 0 Å². The Morgan fingerprint density at radius 3 is 1.45 bits per heavy atom. The SMILES string of the molecule is CC/C=C\C/C=C\C/C=C\C/C=C\CCCCCCCCCCCCC(=O)OC(/C=C\C/C=C\C/C=C\C/C=C\CC)CCCCCC(=O)NC(CCCN)C(=O)O. The van der Waals surface area contributed by atoms with E-state index in [9.17, 15) is 19.5 Å². The molecule has 7 heteroatoms. The van der Waals surface area contributed by atoms with E-state index in [4.69, 9.17) is 10.5 Å². The predicted octanol–water partition coefficient (Wildman–Crippen LogP) is 13.4. The number of allylic oxidation sites excluding steroid dienone is 15. The molecular weight excluding hydrogens is 721 g/mol. The van der Waals surface area contributed by atoms with E-state index in [1.54, 1.807) is 0 Å². The Morgan fingerprint density at radius 2 is 0.948 bits per heavy atom. The Bertz CT molecular complexity index is 1230. The van der Waals surface area contributed by atoms with Crippen LogP contribution >= 0.6 is 0 Å². The van der Waals surface area contributed by atoms with Gasteiger partial charge in [-0.2, -0.15) is 0 Å². The van der Waals surface area contributed by atoms with Gasteiger partial charge in [0.2, 0.25) is 5.91 Å². The maximum Gasteiger partial charge on any atom is 0.326 e. The van der Waals surface area contributed by atoms with E-state index < -0.39 is 12.0 Å². The molecule has 58 heavy (non-hydrogen) atoms. The summed E-state index contributed by atoms with van der Waals surface area (Å²) in [5.41, 5.74) is 5.49. The molecule has 2 atom stereocenters. The van der Waals surface area contributed by atoms with Gasteiger partial charge in [0.15, 0.2) is 0 Å². The summed E-state index contributed by atoms with van der Waals surface area (Å²) in [4.78, 5) is 36.5. The van der Waals surface area contributed by atoms with Crippen LogP contribution in [0.3, 0.4) is 0 Å². The van der Waals surface area contributed by atoms with E-state index >= 15 is 0 Å². The molecule has 0 rings (SSSR count). The van der Waals surface area contributed by atoms with E-state index in [2.05, 4.69) is 110 Å². The Hall–Kier alpha value is -3.71. The van der Waals surface area contributed by atoms with Crippen molar-refractivity contribution in [3.05, 3.63) is 97.2 Å². The fourth-order valence-corrected chi connectivity index (χ4v) is 6.23. The third kappa shape index (κ3) is 40.5. The molecular formula is C51H84N2O5. The number of ether oxygens (including phenoxy) is 1. The highest BCUT2D eigenvalue weighted by atomic mass is 16.5. The Balaban J connectivity index is 4.31. The molecule has 328 valence electrons. The largest absolute Gasteiger partial charge is 0.480 e. The molecule has 2 unspecified atom stereocenters. The fourth-order valence-electron chi connectivity index (χ4n) is 6.23. The molecule has 0 bridgehead atoms. The maximum absolute atomic E-state index is 12.8. The van der Waals surface area contributed by atoms with Crippen molar-refractivity contribution in [2.24, 2.45) is 5.73 Å². The van der Waals surface area contributed by atoms with Gasteiger partial charge in [-0.25, -0.2) is 4.79 Å². The molecule has 0 aromatic carbocycles. The van der Waals surface area contributed by atoms with Gasteiger partial charge >= 0.3 is 11.9 Å². The van der Waals surface area contributed by atoms with Crippen LogP contribution in [0.4, 0.5) is 0 Å². The van der Waals surface area contributed by atoms with E-state index in [0.717, 1.165) is 83.5 Å². The molecule has 0 aliphatic heterocycles. The normalized spacial score (nSPS) is 13.6. The zero-order chi connectivity index (χ0) is 42.4. The number of rotatable bonds is 40. The van der Waals surface area contributed by atoms with Crippen molar-refractivity contribution in [1.82, 2.24) is 5.32 Å². The van der Waals surface area contributed by atoms with Crippen LogP contribution in [0.5, 0.6) is 0 Å². The van der Waals surface area contributed by atoms with Crippen LogP contribution in [0, 0.1) is 0 Å². The molecule has 0 aromatic rings. The number of nitrogens with two attached hydrogens (primary N) is 1. The summed E-state index contributed by atoms with van der Waals surface area (Å²) in [5, 5.41) is 12.0. The van der Waals surface area contributed by atoms with Gasteiger partial charge in [-0.1, -0.05) is 163 Å². The second-order valence-corrected chi connectivity index (χ2v) is 15.0. The highest BCUT2D eigenvalue weighted by Gasteiger charge is 2.19. The summed E-state index contributed by atoms with van der Waals surface area (Å²) in [6.07, 6.45) is 60.4. The number of aliphatic carboxylic acids is 1. The molecule has 7 nitrogen and oxygen atoms in total. The fraction of sp³-hybridized carbons (Fsp3) is 0.627. The van der Waals surface area contributed by atoms with Crippen LogP contribution in [-0.2, 0) is 19.1 Å². The molecule has 0 aliphatic rings. The van der Waals surface area contributed by atoms with Crippen LogP contribution in [0.15, 0.2) is 97.2 Å². The highest BCUT2D eigenvalue weighted by Crippen LogP contribution is 2.15. The van der Waals surface area contributed by atoms with Gasteiger partial charge in [-0.05, 0) is 115 Å². The first-order valence-corrected chi connectivity index (χ1v) is 23.1.